The molecule has 0 N–H and O–H groups in total. The van der Waals surface area contributed by atoms with Crippen LogP contribution in [0, 0.1) is 0 Å². The van der Waals surface area contributed by atoms with E-state index in [1.807, 2.05) is 0 Å². The Morgan fingerprint density at radius 1 is 0.839 bits per heavy atom. The van der Waals surface area contributed by atoms with E-state index in [4.69, 9.17) is 14.2 Å². The maximum atomic E-state index is 12.9. The lowest BCUT2D eigenvalue weighted by molar-refractivity contribution is -0.144. The van der Waals surface area contributed by atoms with Crippen molar-refractivity contribution in [2.24, 2.45) is 0 Å². The normalized spacial score (nSPS) is 11.7. The lowest BCUT2D eigenvalue weighted by Gasteiger charge is -2.14. The van der Waals surface area contributed by atoms with Crippen LogP contribution in [0.3, 0.4) is 0 Å². The summed E-state index contributed by atoms with van der Waals surface area (Å²) in [6, 6.07) is 5.13. The average Bonchev–Trinajstić information content (AvgIpc) is 2.65. The summed E-state index contributed by atoms with van der Waals surface area (Å²) in [6.45, 7) is 0.400. The fourth-order valence-corrected chi connectivity index (χ4v) is 2.55. The number of alkyl halides is 6. The number of esters is 2. The summed E-state index contributed by atoms with van der Waals surface area (Å²) in [5.74, 6) is -1.23. The van der Waals surface area contributed by atoms with Gasteiger partial charge < -0.3 is 14.2 Å². The molecule has 2 aromatic carbocycles. The molecule has 2 aromatic rings. The molecule has 0 heterocycles. The molecular formula is C20H16F6O5. The molecule has 168 valence electrons. The molecule has 0 atom stereocenters. The third-order valence-electron chi connectivity index (χ3n) is 3.88. The molecule has 31 heavy (non-hydrogen) atoms. The van der Waals surface area contributed by atoms with Crippen LogP contribution in [0.5, 0.6) is 11.5 Å². The number of carbonyl (C=O) groups is 2. The van der Waals surface area contributed by atoms with Gasteiger partial charge in [0, 0.05) is 6.92 Å². The smallest absolute Gasteiger partial charge is 0.416 e. The minimum absolute atomic E-state index is 0.0116. The molecule has 2 rings (SSSR count). The van der Waals surface area contributed by atoms with Gasteiger partial charge in [0.25, 0.3) is 0 Å². The van der Waals surface area contributed by atoms with Crippen LogP contribution >= 0.6 is 0 Å². The number of methoxy groups -OCH3 is 1. The van der Waals surface area contributed by atoms with Crippen LogP contribution in [0.15, 0.2) is 36.4 Å². The molecule has 0 radical (unpaired) electrons. The molecule has 0 fully saturated rings. The number of hydrogen-bond donors (Lipinski definition) is 0. The van der Waals surface area contributed by atoms with Crippen LogP contribution in [-0.2, 0) is 39.7 Å². The van der Waals surface area contributed by atoms with E-state index >= 15 is 0 Å². The second kappa shape index (κ2) is 9.27. The van der Waals surface area contributed by atoms with E-state index in [1.54, 1.807) is 0 Å². The van der Waals surface area contributed by atoms with E-state index in [0.29, 0.717) is 17.7 Å². The summed E-state index contributed by atoms with van der Waals surface area (Å²) in [7, 11) is 1.30. The van der Waals surface area contributed by atoms with Crippen molar-refractivity contribution in [2.45, 2.75) is 32.3 Å². The first kappa shape index (κ1) is 24.0. The second-order valence-corrected chi connectivity index (χ2v) is 6.33. The minimum Gasteiger partial charge on any atom is -0.493 e. The molecular weight excluding hydrogens is 434 g/mol. The Balaban J connectivity index is 2.13. The number of ether oxygens (including phenoxy) is 3. The molecule has 0 aliphatic rings. The van der Waals surface area contributed by atoms with Crippen LogP contribution in [0.4, 0.5) is 26.3 Å². The Morgan fingerprint density at radius 2 is 1.42 bits per heavy atom. The predicted molar refractivity (Wildman–Crippen MR) is 94.2 cm³/mol. The van der Waals surface area contributed by atoms with Crippen LogP contribution in [-0.4, -0.2) is 19.0 Å². The van der Waals surface area contributed by atoms with Crippen molar-refractivity contribution in [1.29, 1.82) is 0 Å². The maximum absolute atomic E-state index is 12.9. The third kappa shape index (κ3) is 6.90. The van der Waals surface area contributed by atoms with Crippen molar-refractivity contribution < 1.29 is 50.1 Å². The average molecular weight is 450 g/mol. The molecule has 0 spiro atoms. The molecule has 0 aromatic heterocycles. The van der Waals surface area contributed by atoms with E-state index in [9.17, 15) is 35.9 Å². The number of hydrogen-bond acceptors (Lipinski definition) is 5. The fourth-order valence-electron chi connectivity index (χ4n) is 2.55. The summed E-state index contributed by atoms with van der Waals surface area (Å²) in [6.07, 6.45) is -10.3. The first-order chi connectivity index (χ1) is 14.3. The molecule has 0 amide bonds. The van der Waals surface area contributed by atoms with E-state index in [-0.39, 0.29) is 24.0 Å². The fraction of sp³-hybridized carbons (Fsp3) is 0.300. The largest absolute Gasteiger partial charge is 0.493 e. The first-order valence-electron chi connectivity index (χ1n) is 8.59. The van der Waals surface area contributed by atoms with Crippen molar-refractivity contribution in [2.75, 3.05) is 7.11 Å². The lowest BCUT2D eigenvalue weighted by atomic mass is 10.1. The van der Waals surface area contributed by atoms with Gasteiger partial charge in [0.1, 0.15) is 6.61 Å². The zero-order chi connectivity index (χ0) is 23.4. The SMILES string of the molecule is COc1cc(CC(=O)OCc2cc(C(F)(F)F)cc(C(F)(F)F)c2)ccc1OC(C)=O. The van der Waals surface area contributed by atoms with Crippen molar-refractivity contribution in [3.05, 3.63) is 58.7 Å². The topological polar surface area (TPSA) is 61.8 Å². The number of rotatable bonds is 6. The van der Waals surface area contributed by atoms with Gasteiger partial charge in [-0.3, -0.25) is 9.59 Å². The van der Waals surface area contributed by atoms with Gasteiger partial charge in [-0.25, -0.2) is 0 Å². The van der Waals surface area contributed by atoms with Gasteiger partial charge in [-0.1, -0.05) is 6.07 Å². The predicted octanol–water partition coefficient (Wildman–Crippen LogP) is 4.94. The Hall–Kier alpha value is -3.24. The van der Waals surface area contributed by atoms with Crippen molar-refractivity contribution >= 4 is 11.9 Å². The number of benzene rings is 2. The van der Waals surface area contributed by atoms with Crippen molar-refractivity contribution in [1.82, 2.24) is 0 Å². The number of carbonyl (C=O) groups excluding carboxylic acids is 2. The maximum Gasteiger partial charge on any atom is 0.416 e. The molecule has 0 unspecified atom stereocenters. The highest BCUT2D eigenvalue weighted by atomic mass is 19.4. The second-order valence-electron chi connectivity index (χ2n) is 6.33. The van der Waals surface area contributed by atoms with Crippen LogP contribution in [0.1, 0.15) is 29.2 Å². The van der Waals surface area contributed by atoms with Crippen molar-refractivity contribution in [3.63, 3.8) is 0 Å². The van der Waals surface area contributed by atoms with Crippen molar-refractivity contribution in [3.8, 4) is 11.5 Å². The highest BCUT2D eigenvalue weighted by molar-refractivity contribution is 5.74. The van der Waals surface area contributed by atoms with E-state index in [0.717, 1.165) is 0 Å². The van der Waals surface area contributed by atoms with Gasteiger partial charge >= 0.3 is 24.3 Å². The van der Waals surface area contributed by atoms with Gasteiger partial charge in [-0.05, 0) is 41.5 Å². The molecule has 0 aliphatic heterocycles. The first-order valence-corrected chi connectivity index (χ1v) is 8.59. The van der Waals surface area contributed by atoms with Gasteiger partial charge in [0.15, 0.2) is 11.5 Å². The highest BCUT2D eigenvalue weighted by Gasteiger charge is 2.36. The summed E-state index contributed by atoms with van der Waals surface area (Å²) < 4.78 is 92.1. The Labute approximate surface area is 172 Å². The summed E-state index contributed by atoms with van der Waals surface area (Å²) in [4.78, 5) is 23.1. The molecule has 11 heteroatoms. The Morgan fingerprint density at radius 3 is 1.90 bits per heavy atom. The zero-order valence-electron chi connectivity index (χ0n) is 16.2. The van der Waals surface area contributed by atoms with Crippen LogP contribution in [0.2, 0.25) is 0 Å². The third-order valence-corrected chi connectivity index (χ3v) is 3.88. The monoisotopic (exact) mass is 450 g/mol. The number of halogens is 6. The molecule has 5 nitrogen and oxygen atoms in total. The summed E-state index contributed by atoms with van der Waals surface area (Å²) in [5, 5.41) is 0. The Bertz CT molecular complexity index is 933. The van der Waals surface area contributed by atoms with E-state index in [1.165, 1.54) is 32.2 Å². The molecule has 0 bridgehead atoms. The van der Waals surface area contributed by atoms with E-state index in [2.05, 4.69) is 0 Å². The van der Waals surface area contributed by atoms with E-state index < -0.39 is 47.6 Å². The zero-order valence-corrected chi connectivity index (χ0v) is 16.2. The van der Waals surface area contributed by atoms with Crippen LogP contribution in [0.25, 0.3) is 0 Å². The van der Waals surface area contributed by atoms with Gasteiger partial charge in [-0.15, -0.1) is 0 Å². The molecule has 0 aliphatic carbocycles. The Kier molecular flexibility index (Phi) is 7.19. The summed E-state index contributed by atoms with van der Waals surface area (Å²) in [5.41, 5.74) is -3.10. The molecule has 0 saturated carbocycles. The van der Waals surface area contributed by atoms with Gasteiger partial charge in [-0.2, -0.15) is 26.3 Å². The quantitative estimate of drug-likeness (QED) is 0.354. The highest BCUT2D eigenvalue weighted by Crippen LogP contribution is 2.36. The van der Waals surface area contributed by atoms with Gasteiger partial charge in [0.05, 0.1) is 24.7 Å². The van der Waals surface area contributed by atoms with Gasteiger partial charge in [0.2, 0.25) is 0 Å². The van der Waals surface area contributed by atoms with Crippen LogP contribution < -0.4 is 9.47 Å². The lowest BCUT2D eigenvalue weighted by Crippen LogP contribution is -2.13. The standard InChI is InChI=1S/C20H16F6O5/c1-11(27)31-16-4-3-12(7-17(16)29-2)8-18(28)30-10-13-5-14(19(21,22)23)9-15(6-13)20(24,25)26/h3-7,9H,8,10H2,1-2H3. The summed E-state index contributed by atoms with van der Waals surface area (Å²) >= 11 is 0. The molecule has 0 saturated heterocycles. The minimum atomic E-state index is -5.00.